The van der Waals surface area contributed by atoms with Crippen molar-refractivity contribution in [3.8, 4) is 0 Å². The van der Waals surface area contributed by atoms with Gasteiger partial charge < -0.3 is 15.7 Å². The quantitative estimate of drug-likeness (QED) is 0.560. The molecule has 0 saturated carbocycles. The average Bonchev–Trinajstić information content (AvgIpc) is 2.92. The number of nitrogens with one attached hydrogen (secondary N) is 2. The van der Waals surface area contributed by atoms with Crippen LogP contribution in [0.25, 0.3) is 11.0 Å². The zero-order chi connectivity index (χ0) is 20.3. The van der Waals surface area contributed by atoms with Crippen molar-refractivity contribution >= 4 is 28.5 Å². The van der Waals surface area contributed by atoms with Gasteiger partial charge in [0, 0.05) is 19.8 Å². The highest BCUT2D eigenvalue weighted by Gasteiger charge is 2.19. The molecule has 8 nitrogen and oxygen atoms in total. The summed E-state index contributed by atoms with van der Waals surface area (Å²) in [6, 6.07) is 13.8. The first-order valence-corrected chi connectivity index (χ1v) is 8.82. The molecule has 8 heteroatoms. The molecule has 0 aliphatic carbocycles. The Morgan fingerprint density at radius 1 is 1.00 bits per heavy atom. The minimum absolute atomic E-state index is 0.178. The van der Waals surface area contributed by atoms with E-state index in [1.165, 1.54) is 9.13 Å². The largest absolute Gasteiger partial charge is 0.394 e. The van der Waals surface area contributed by atoms with Crippen LogP contribution in [0.4, 0.5) is 5.69 Å². The van der Waals surface area contributed by atoms with E-state index in [2.05, 4.69) is 10.6 Å². The summed E-state index contributed by atoms with van der Waals surface area (Å²) in [5.41, 5.74) is 2.53. The molecule has 0 bridgehead atoms. The van der Waals surface area contributed by atoms with Gasteiger partial charge in [-0.3, -0.25) is 18.7 Å². The monoisotopic (exact) mass is 382 g/mol. The van der Waals surface area contributed by atoms with E-state index in [1.54, 1.807) is 32.3 Å². The van der Waals surface area contributed by atoms with E-state index < -0.39 is 17.9 Å². The maximum absolute atomic E-state index is 12.2. The van der Waals surface area contributed by atoms with Crippen LogP contribution in [-0.4, -0.2) is 38.7 Å². The number of nitrogens with zero attached hydrogens (tertiary/aromatic N) is 2. The smallest absolute Gasteiger partial charge is 0.328 e. The Morgan fingerprint density at radius 3 is 2.36 bits per heavy atom. The van der Waals surface area contributed by atoms with E-state index >= 15 is 0 Å². The third-order valence-electron chi connectivity index (χ3n) is 4.62. The first-order valence-electron chi connectivity index (χ1n) is 8.82. The number of fused-ring (bicyclic) bond motifs is 1. The van der Waals surface area contributed by atoms with Crippen molar-refractivity contribution in [1.29, 1.82) is 0 Å². The predicted molar refractivity (Wildman–Crippen MR) is 106 cm³/mol. The van der Waals surface area contributed by atoms with Gasteiger partial charge in [0.25, 0.3) is 0 Å². The van der Waals surface area contributed by atoms with Crippen LogP contribution in [0.3, 0.4) is 0 Å². The zero-order valence-electron chi connectivity index (χ0n) is 15.7. The van der Waals surface area contributed by atoms with Crippen molar-refractivity contribution in [1.82, 2.24) is 14.5 Å². The van der Waals surface area contributed by atoms with Crippen molar-refractivity contribution < 1.29 is 14.7 Å². The average molecular weight is 382 g/mol. The lowest BCUT2D eigenvalue weighted by Gasteiger charge is -2.16. The van der Waals surface area contributed by atoms with Gasteiger partial charge in [0.1, 0.15) is 0 Å². The van der Waals surface area contributed by atoms with Crippen LogP contribution in [0.2, 0.25) is 0 Å². The van der Waals surface area contributed by atoms with Crippen LogP contribution in [0.1, 0.15) is 5.56 Å². The molecule has 0 saturated heterocycles. The van der Waals surface area contributed by atoms with E-state index in [0.29, 0.717) is 17.6 Å². The highest BCUT2D eigenvalue weighted by Crippen LogP contribution is 2.17. The Hall–Kier alpha value is -3.39. The Balaban J connectivity index is 1.68. The maximum Gasteiger partial charge on any atom is 0.328 e. The van der Waals surface area contributed by atoms with Crippen molar-refractivity contribution in [3.05, 3.63) is 64.6 Å². The van der Waals surface area contributed by atoms with E-state index in [1.807, 2.05) is 30.3 Å². The molecular weight excluding hydrogens is 360 g/mol. The summed E-state index contributed by atoms with van der Waals surface area (Å²) in [5.74, 6) is -1.68. The van der Waals surface area contributed by atoms with Gasteiger partial charge in [-0.1, -0.05) is 30.3 Å². The van der Waals surface area contributed by atoms with Crippen molar-refractivity contribution in [2.45, 2.75) is 12.5 Å². The lowest BCUT2D eigenvalue weighted by Crippen LogP contribution is -2.44. The number of hydrogen-bond acceptors (Lipinski definition) is 4. The van der Waals surface area contributed by atoms with E-state index in [4.69, 9.17) is 0 Å². The fourth-order valence-corrected chi connectivity index (χ4v) is 3.08. The number of hydrogen-bond donors (Lipinski definition) is 3. The second-order valence-corrected chi connectivity index (χ2v) is 6.60. The molecule has 1 atom stereocenters. The van der Waals surface area contributed by atoms with Gasteiger partial charge in [-0.2, -0.15) is 0 Å². The molecule has 3 N–H and O–H groups in total. The number of aliphatic hydroxyl groups is 1. The van der Waals surface area contributed by atoms with Crippen LogP contribution in [-0.2, 0) is 30.1 Å². The van der Waals surface area contributed by atoms with Crippen molar-refractivity contribution in [2.75, 3.05) is 11.9 Å². The predicted octanol–water partition coefficient (Wildman–Crippen LogP) is 0.535. The van der Waals surface area contributed by atoms with Crippen molar-refractivity contribution in [3.63, 3.8) is 0 Å². The summed E-state index contributed by atoms with van der Waals surface area (Å²) < 4.78 is 2.97. The Bertz CT molecular complexity index is 1070. The number of benzene rings is 2. The molecule has 0 fully saturated rings. The zero-order valence-corrected chi connectivity index (χ0v) is 15.7. The Labute approximate surface area is 161 Å². The molecule has 0 aliphatic rings. The molecule has 1 aromatic heterocycles. The number of aryl methyl sites for hydroxylation is 2. The minimum atomic E-state index is -0.841. The summed E-state index contributed by atoms with van der Waals surface area (Å²) >= 11 is 0. The summed E-state index contributed by atoms with van der Waals surface area (Å²) in [4.78, 5) is 36.4. The Kier molecular flexibility index (Phi) is 5.60. The second-order valence-electron chi connectivity index (χ2n) is 6.60. The third kappa shape index (κ3) is 3.96. The number of anilines is 1. The molecule has 1 heterocycles. The van der Waals surface area contributed by atoms with Crippen LogP contribution >= 0.6 is 0 Å². The summed E-state index contributed by atoms with van der Waals surface area (Å²) in [6.45, 7) is -0.286. The molecule has 3 rings (SSSR count). The number of imidazole rings is 1. The molecular formula is C20H22N4O4. The SMILES string of the molecule is Cn1c(=O)n(C)c2cc(NC(=O)C(=O)N[C@H](CO)Cc3ccccc3)ccc21. The standard InChI is InChI=1S/C20H22N4O4/c1-23-16-9-8-14(11-17(16)24(2)20(23)28)21-18(26)19(27)22-15(12-25)10-13-6-4-3-5-7-13/h3-9,11,15,25H,10,12H2,1-2H3,(H,21,26)(H,22,27)/t15-/m0/s1. The van der Waals surface area contributed by atoms with Gasteiger partial charge in [0.2, 0.25) is 0 Å². The van der Waals surface area contributed by atoms with Gasteiger partial charge in [0.15, 0.2) is 0 Å². The lowest BCUT2D eigenvalue weighted by molar-refractivity contribution is -0.136. The molecule has 2 amide bonds. The van der Waals surface area contributed by atoms with Crippen LogP contribution in [0.5, 0.6) is 0 Å². The van der Waals surface area contributed by atoms with Gasteiger partial charge in [-0.05, 0) is 30.2 Å². The number of amides is 2. The third-order valence-corrected chi connectivity index (χ3v) is 4.62. The van der Waals surface area contributed by atoms with Gasteiger partial charge in [0.05, 0.1) is 23.7 Å². The van der Waals surface area contributed by atoms with Gasteiger partial charge in [-0.15, -0.1) is 0 Å². The van der Waals surface area contributed by atoms with E-state index in [-0.39, 0.29) is 12.3 Å². The second kappa shape index (κ2) is 8.10. The topological polar surface area (TPSA) is 105 Å². The molecule has 146 valence electrons. The fourth-order valence-electron chi connectivity index (χ4n) is 3.08. The highest BCUT2D eigenvalue weighted by atomic mass is 16.3. The van der Waals surface area contributed by atoms with Gasteiger partial charge >= 0.3 is 17.5 Å². The fraction of sp³-hybridized carbons (Fsp3) is 0.250. The molecule has 28 heavy (non-hydrogen) atoms. The number of aromatic nitrogens is 2. The van der Waals surface area contributed by atoms with Crippen LogP contribution in [0, 0.1) is 0 Å². The number of carbonyl (C=O) groups is 2. The molecule has 0 radical (unpaired) electrons. The molecule has 3 aromatic rings. The van der Waals surface area contributed by atoms with Crippen LogP contribution < -0.4 is 16.3 Å². The first-order chi connectivity index (χ1) is 13.4. The normalized spacial score (nSPS) is 12.0. The van der Waals surface area contributed by atoms with Crippen molar-refractivity contribution in [2.24, 2.45) is 14.1 Å². The molecule has 0 aliphatic heterocycles. The molecule has 0 spiro atoms. The number of aliphatic hydroxyl groups excluding tert-OH is 1. The number of carbonyl (C=O) groups excluding carboxylic acids is 2. The molecule has 2 aromatic carbocycles. The molecule has 0 unspecified atom stereocenters. The van der Waals surface area contributed by atoms with E-state index in [9.17, 15) is 19.5 Å². The minimum Gasteiger partial charge on any atom is -0.394 e. The van der Waals surface area contributed by atoms with Crippen LogP contribution in [0.15, 0.2) is 53.3 Å². The first kappa shape index (κ1) is 19.4. The number of rotatable bonds is 5. The summed E-state index contributed by atoms with van der Waals surface area (Å²) in [7, 11) is 3.30. The summed E-state index contributed by atoms with van der Waals surface area (Å²) in [6.07, 6.45) is 0.411. The van der Waals surface area contributed by atoms with E-state index in [0.717, 1.165) is 11.1 Å². The highest BCUT2D eigenvalue weighted by molar-refractivity contribution is 6.39. The summed E-state index contributed by atoms with van der Waals surface area (Å²) in [5, 5.41) is 14.6. The Morgan fingerprint density at radius 2 is 1.68 bits per heavy atom. The lowest BCUT2D eigenvalue weighted by atomic mass is 10.1. The van der Waals surface area contributed by atoms with Gasteiger partial charge in [-0.25, -0.2) is 4.79 Å². The maximum atomic E-state index is 12.2.